The number of aromatic nitrogens is 2. The smallest absolute Gasteiger partial charge is 0.247 e. The maximum absolute atomic E-state index is 11.8. The summed E-state index contributed by atoms with van der Waals surface area (Å²) < 4.78 is 11.0. The zero-order valence-corrected chi connectivity index (χ0v) is 22.7. The fourth-order valence-electron chi connectivity index (χ4n) is 4.10. The number of nitrogens with one attached hydrogen (secondary N) is 3. The second kappa shape index (κ2) is 12.4. The van der Waals surface area contributed by atoms with E-state index in [4.69, 9.17) is 21.1 Å². The molecule has 2 aromatic carbocycles. The van der Waals surface area contributed by atoms with Crippen molar-refractivity contribution in [3.05, 3.63) is 60.3 Å². The summed E-state index contributed by atoms with van der Waals surface area (Å²) in [6, 6.07) is 11.0. The Bertz CT molecular complexity index is 1380. The number of ether oxygens (including phenoxy) is 2. The van der Waals surface area contributed by atoms with Crippen LogP contribution in [0.2, 0.25) is 5.02 Å². The lowest BCUT2D eigenvalue weighted by Crippen LogP contribution is -2.48. The van der Waals surface area contributed by atoms with E-state index in [9.17, 15) is 9.59 Å². The lowest BCUT2D eigenvalue weighted by Gasteiger charge is -2.35. The summed E-state index contributed by atoms with van der Waals surface area (Å²) in [5.41, 5.74) is 2.76. The van der Waals surface area contributed by atoms with Crippen molar-refractivity contribution in [2.24, 2.45) is 0 Å². The average molecular weight is 552 g/mol. The first-order chi connectivity index (χ1) is 18.8. The first kappa shape index (κ1) is 27.5. The van der Waals surface area contributed by atoms with Crippen LogP contribution >= 0.6 is 11.6 Å². The Balaban J connectivity index is 1.51. The van der Waals surface area contributed by atoms with Gasteiger partial charge in [0.15, 0.2) is 5.82 Å². The second-order valence-corrected chi connectivity index (χ2v) is 9.03. The van der Waals surface area contributed by atoms with Gasteiger partial charge in [0.05, 0.1) is 31.8 Å². The van der Waals surface area contributed by atoms with E-state index in [1.54, 1.807) is 32.2 Å². The monoisotopic (exact) mass is 551 g/mol. The second-order valence-electron chi connectivity index (χ2n) is 8.63. The zero-order chi connectivity index (χ0) is 27.9. The van der Waals surface area contributed by atoms with Crippen LogP contribution in [0.5, 0.6) is 11.5 Å². The molecule has 2 amide bonds. The Morgan fingerprint density at radius 2 is 1.74 bits per heavy atom. The number of hydrogen-bond donors (Lipinski definition) is 3. The Morgan fingerprint density at radius 3 is 2.41 bits per heavy atom. The molecule has 1 fully saturated rings. The van der Waals surface area contributed by atoms with Gasteiger partial charge < -0.3 is 35.2 Å². The summed E-state index contributed by atoms with van der Waals surface area (Å²) in [5.74, 6) is 1.50. The highest BCUT2D eigenvalue weighted by molar-refractivity contribution is 6.33. The van der Waals surface area contributed by atoms with Crippen molar-refractivity contribution in [1.29, 1.82) is 0 Å². The van der Waals surface area contributed by atoms with E-state index in [0.29, 0.717) is 52.5 Å². The Morgan fingerprint density at radius 1 is 1.00 bits per heavy atom. The third-order valence-corrected chi connectivity index (χ3v) is 6.45. The molecule has 0 spiro atoms. The molecule has 0 bridgehead atoms. The highest BCUT2D eigenvalue weighted by Crippen LogP contribution is 2.35. The fourth-order valence-corrected chi connectivity index (χ4v) is 4.24. The summed E-state index contributed by atoms with van der Waals surface area (Å²) in [4.78, 5) is 36.3. The number of halogens is 1. The number of hydrogen-bond acceptors (Lipinski definition) is 9. The van der Waals surface area contributed by atoms with Crippen molar-refractivity contribution in [3.63, 3.8) is 0 Å². The lowest BCUT2D eigenvalue weighted by atomic mass is 10.2. The van der Waals surface area contributed by atoms with Crippen molar-refractivity contribution in [3.8, 4) is 11.5 Å². The van der Waals surface area contributed by atoms with Gasteiger partial charge in [0, 0.05) is 50.5 Å². The van der Waals surface area contributed by atoms with Gasteiger partial charge in [-0.05, 0) is 36.4 Å². The molecule has 2 heterocycles. The molecule has 204 valence electrons. The van der Waals surface area contributed by atoms with E-state index in [-0.39, 0.29) is 17.8 Å². The molecule has 12 heteroatoms. The highest BCUT2D eigenvalue weighted by Gasteiger charge is 2.20. The van der Waals surface area contributed by atoms with Gasteiger partial charge in [-0.1, -0.05) is 18.2 Å². The standard InChI is InChI=1S/C27H30ClN7O4/c1-5-25(37)31-22-14-18(6-9-23(22)38-3)30-27-29-16-20(28)26(33-27)32-21-8-7-19(15-24(21)39-4)35-12-10-34(11-13-35)17(2)36/h5-9,14-16H,1,10-13H2,2-4H3,(H,31,37)(H2,29,30,32,33). The molecule has 0 saturated carbocycles. The normalized spacial score (nSPS) is 12.9. The molecule has 1 aliphatic rings. The largest absolute Gasteiger partial charge is 0.495 e. The Labute approximate surface area is 231 Å². The van der Waals surface area contributed by atoms with Crippen molar-refractivity contribution in [1.82, 2.24) is 14.9 Å². The third-order valence-electron chi connectivity index (χ3n) is 6.17. The summed E-state index contributed by atoms with van der Waals surface area (Å²) in [7, 11) is 3.11. The molecule has 0 aliphatic carbocycles. The van der Waals surface area contributed by atoms with Gasteiger partial charge in [-0.3, -0.25) is 9.59 Å². The maximum Gasteiger partial charge on any atom is 0.247 e. The van der Waals surface area contributed by atoms with E-state index in [2.05, 4.69) is 37.4 Å². The number of benzene rings is 2. The summed E-state index contributed by atoms with van der Waals surface area (Å²) in [5, 5.41) is 9.37. The van der Waals surface area contributed by atoms with E-state index >= 15 is 0 Å². The molecule has 4 rings (SSSR count). The molecule has 11 nitrogen and oxygen atoms in total. The molecule has 1 aliphatic heterocycles. The first-order valence-electron chi connectivity index (χ1n) is 12.2. The van der Waals surface area contributed by atoms with Crippen molar-refractivity contribution >= 4 is 57.9 Å². The molecular formula is C27H30ClN7O4. The van der Waals surface area contributed by atoms with Crippen LogP contribution in [0.3, 0.4) is 0 Å². The van der Waals surface area contributed by atoms with Gasteiger partial charge in [-0.2, -0.15) is 4.98 Å². The third kappa shape index (κ3) is 6.68. The molecule has 1 aromatic heterocycles. The molecule has 39 heavy (non-hydrogen) atoms. The average Bonchev–Trinajstić information content (AvgIpc) is 2.95. The Kier molecular flexibility index (Phi) is 8.72. The number of carbonyl (C=O) groups is 2. The van der Waals surface area contributed by atoms with Gasteiger partial charge >= 0.3 is 0 Å². The molecule has 0 radical (unpaired) electrons. The van der Waals surface area contributed by atoms with Crippen LogP contribution in [0.25, 0.3) is 0 Å². The van der Waals surface area contributed by atoms with E-state index < -0.39 is 0 Å². The van der Waals surface area contributed by atoms with Crippen LogP contribution in [0.15, 0.2) is 55.3 Å². The van der Waals surface area contributed by atoms with E-state index in [0.717, 1.165) is 18.8 Å². The number of methoxy groups -OCH3 is 2. The summed E-state index contributed by atoms with van der Waals surface area (Å²) in [6.45, 7) is 7.91. The number of piperazine rings is 1. The van der Waals surface area contributed by atoms with E-state index in [1.807, 2.05) is 23.1 Å². The molecule has 0 atom stereocenters. The predicted octanol–water partition coefficient (Wildman–Crippen LogP) is 4.43. The molecule has 1 saturated heterocycles. The van der Waals surface area contributed by atoms with Gasteiger partial charge in [0.25, 0.3) is 0 Å². The lowest BCUT2D eigenvalue weighted by molar-refractivity contribution is -0.129. The summed E-state index contributed by atoms with van der Waals surface area (Å²) >= 11 is 6.40. The number of amides is 2. The van der Waals surface area contributed by atoms with Gasteiger partial charge in [0.1, 0.15) is 16.5 Å². The van der Waals surface area contributed by atoms with Crippen LogP contribution in [0.1, 0.15) is 6.92 Å². The maximum atomic E-state index is 11.8. The van der Waals surface area contributed by atoms with Crippen LogP contribution in [0, 0.1) is 0 Å². The first-order valence-corrected chi connectivity index (χ1v) is 12.6. The predicted molar refractivity (Wildman–Crippen MR) is 153 cm³/mol. The van der Waals surface area contributed by atoms with Crippen molar-refractivity contribution in [2.75, 3.05) is 61.2 Å². The minimum absolute atomic E-state index is 0.0919. The number of carbonyl (C=O) groups excluding carboxylic acids is 2. The number of nitrogens with zero attached hydrogens (tertiary/aromatic N) is 4. The minimum atomic E-state index is -0.363. The number of rotatable bonds is 9. The highest BCUT2D eigenvalue weighted by atomic mass is 35.5. The van der Waals surface area contributed by atoms with E-state index in [1.165, 1.54) is 19.4 Å². The van der Waals surface area contributed by atoms with Gasteiger partial charge in [-0.25, -0.2) is 4.98 Å². The summed E-state index contributed by atoms with van der Waals surface area (Å²) in [6.07, 6.45) is 2.66. The fraction of sp³-hybridized carbons (Fsp3) is 0.259. The SMILES string of the molecule is C=CC(=O)Nc1cc(Nc2ncc(Cl)c(Nc3ccc(N4CCN(C(C)=O)CC4)cc3OC)n2)ccc1OC. The molecule has 3 aromatic rings. The van der Waals surface area contributed by atoms with Crippen LogP contribution in [0.4, 0.5) is 34.5 Å². The van der Waals surface area contributed by atoms with Crippen LogP contribution in [-0.2, 0) is 9.59 Å². The molecule has 3 N–H and O–H groups in total. The molecule has 0 unspecified atom stereocenters. The van der Waals surface area contributed by atoms with Gasteiger partial charge in [-0.15, -0.1) is 0 Å². The van der Waals surface area contributed by atoms with Crippen LogP contribution in [-0.4, -0.2) is 67.1 Å². The van der Waals surface area contributed by atoms with Gasteiger partial charge in [0.2, 0.25) is 17.8 Å². The minimum Gasteiger partial charge on any atom is -0.495 e. The topological polar surface area (TPSA) is 121 Å². The van der Waals surface area contributed by atoms with Crippen molar-refractivity contribution in [2.45, 2.75) is 6.92 Å². The molecular weight excluding hydrogens is 522 g/mol. The Hall–Kier alpha value is -4.51. The van der Waals surface area contributed by atoms with Crippen LogP contribution < -0.4 is 30.3 Å². The zero-order valence-electron chi connectivity index (χ0n) is 22.0. The quantitative estimate of drug-likeness (QED) is 0.332. The number of anilines is 6. The van der Waals surface area contributed by atoms with Crippen molar-refractivity contribution < 1.29 is 19.1 Å².